The summed E-state index contributed by atoms with van der Waals surface area (Å²) < 4.78 is 24.4. The maximum absolute atomic E-state index is 12.2. The molecule has 2 aliphatic rings. The maximum atomic E-state index is 12.2. The number of aliphatic hydroxyl groups is 1. The number of sulfonamides is 1. The SMILES string of the molecule is CS(=O)(=O)N1CCCC(C(=O)N2CCC(O)C2)C1. The number of hydrogen-bond acceptors (Lipinski definition) is 4. The van der Waals surface area contributed by atoms with Crippen molar-refractivity contribution in [3.63, 3.8) is 0 Å². The van der Waals surface area contributed by atoms with Crippen molar-refractivity contribution in [1.29, 1.82) is 0 Å². The van der Waals surface area contributed by atoms with Gasteiger partial charge in [-0.3, -0.25) is 4.79 Å². The summed E-state index contributed by atoms with van der Waals surface area (Å²) in [6.07, 6.45) is 2.83. The van der Waals surface area contributed by atoms with Gasteiger partial charge in [-0.2, -0.15) is 0 Å². The molecule has 0 saturated carbocycles. The van der Waals surface area contributed by atoms with Crippen LogP contribution in [0.5, 0.6) is 0 Å². The van der Waals surface area contributed by atoms with E-state index in [0.717, 1.165) is 12.8 Å². The number of rotatable bonds is 2. The summed E-state index contributed by atoms with van der Waals surface area (Å²) in [5, 5.41) is 9.43. The molecule has 0 bridgehead atoms. The molecule has 18 heavy (non-hydrogen) atoms. The highest BCUT2D eigenvalue weighted by Gasteiger charge is 2.34. The van der Waals surface area contributed by atoms with Crippen molar-refractivity contribution in [3.8, 4) is 0 Å². The fourth-order valence-electron chi connectivity index (χ4n) is 2.65. The quantitative estimate of drug-likeness (QED) is 0.720. The minimum atomic E-state index is -3.21. The molecule has 0 aromatic heterocycles. The normalized spacial score (nSPS) is 30.7. The molecule has 2 aliphatic heterocycles. The number of likely N-dealkylation sites (tertiary alicyclic amines) is 1. The van der Waals surface area contributed by atoms with E-state index in [1.165, 1.54) is 10.6 Å². The Morgan fingerprint density at radius 3 is 2.50 bits per heavy atom. The molecule has 0 aromatic carbocycles. The molecule has 104 valence electrons. The first kappa shape index (κ1) is 13.8. The second kappa shape index (κ2) is 5.14. The summed E-state index contributed by atoms with van der Waals surface area (Å²) in [6.45, 7) is 1.75. The van der Waals surface area contributed by atoms with Crippen LogP contribution < -0.4 is 0 Å². The Morgan fingerprint density at radius 2 is 1.94 bits per heavy atom. The molecule has 2 heterocycles. The van der Waals surface area contributed by atoms with Crippen molar-refractivity contribution < 1.29 is 18.3 Å². The molecule has 2 saturated heterocycles. The van der Waals surface area contributed by atoms with Crippen molar-refractivity contribution >= 4 is 15.9 Å². The van der Waals surface area contributed by atoms with Gasteiger partial charge in [0.2, 0.25) is 15.9 Å². The minimum Gasteiger partial charge on any atom is -0.391 e. The van der Waals surface area contributed by atoms with Gasteiger partial charge in [0.1, 0.15) is 0 Å². The molecule has 7 heteroatoms. The van der Waals surface area contributed by atoms with Crippen LogP contribution in [0.15, 0.2) is 0 Å². The first-order chi connectivity index (χ1) is 8.38. The average molecular weight is 276 g/mol. The van der Waals surface area contributed by atoms with Crippen molar-refractivity contribution in [2.75, 3.05) is 32.4 Å². The highest BCUT2D eigenvalue weighted by molar-refractivity contribution is 7.88. The van der Waals surface area contributed by atoms with E-state index in [2.05, 4.69) is 0 Å². The third-order valence-corrected chi connectivity index (χ3v) is 4.95. The molecular weight excluding hydrogens is 256 g/mol. The van der Waals surface area contributed by atoms with Gasteiger partial charge in [0.15, 0.2) is 0 Å². The van der Waals surface area contributed by atoms with Crippen molar-refractivity contribution in [3.05, 3.63) is 0 Å². The summed E-state index contributed by atoms with van der Waals surface area (Å²) in [5.74, 6) is -0.265. The van der Waals surface area contributed by atoms with E-state index >= 15 is 0 Å². The number of nitrogens with zero attached hydrogens (tertiary/aromatic N) is 2. The number of piperidine rings is 1. The van der Waals surface area contributed by atoms with Crippen molar-refractivity contribution in [1.82, 2.24) is 9.21 Å². The highest BCUT2D eigenvalue weighted by atomic mass is 32.2. The van der Waals surface area contributed by atoms with Gasteiger partial charge >= 0.3 is 0 Å². The third-order valence-electron chi connectivity index (χ3n) is 3.68. The fourth-order valence-corrected chi connectivity index (χ4v) is 3.56. The summed E-state index contributed by atoms with van der Waals surface area (Å²) in [6, 6.07) is 0. The molecule has 0 aliphatic carbocycles. The Balaban J connectivity index is 1.98. The summed E-state index contributed by atoms with van der Waals surface area (Å²) in [7, 11) is -3.21. The number of amides is 1. The zero-order valence-electron chi connectivity index (χ0n) is 10.6. The minimum absolute atomic E-state index is 0.0140. The standard InChI is InChI=1S/C11H20N2O4S/c1-18(16,17)13-5-2-3-9(7-13)11(15)12-6-4-10(14)8-12/h9-10,14H,2-8H2,1H3. The number of aliphatic hydroxyl groups excluding tert-OH is 1. The van der Waals surface area contributed by atoms with E-state index in [4.69, 9.17) is 0 Å². The fraction of sp³-hybridized carbons (Fsp3) is 0.909. The van der Waals surface area contributed by atoms with Gasteiger partial charge in [-0.1, -0.05) is 0 Å². The number of hydrogen-bond donors (Lipinski definition) is 1. The van der Waals surface area contributed by atoms with Crippen LogP contribution in [0.25, 0.3) is 0 Å². The lowest BCUT2D eigenvalue weighted by atomic mass is 9.98. The van der Waals surface area contributed by atoms with E-state index in [1.54, 1.807) is 4.90 Å². The molecule has 2 unspecified atom stereocenters. The lowest BCUT2D eigenvalue weighted by molar-refractivity contribution is -0.136. The molecule has 2 atom stereocenters. The van der Waals surface area contributed by atoms with E-state index in [0.29, 0.717) is 26.1 Å². The van der Waals surface area contributed by atoms with Crippen LogP contribution in [0.3, 0.4) is 0 Å². The maximum Gasteiger partial charge on any atom is 0.227 e. The molecule has 0 radical (unpaired) electrons. The first-order valence-electron chi connectivity index (χ1n) is 6.30. The lowest BCUT2D eigenvalue weighted by Crippen LogP contribution is -2.46. The summed E-state index contributed by atoms with van der Waals surface area (Å²) in [5.41, 5.74) is 0. The molecule has 1 N–H and O–H groups in total. The second-order valence-electron chi connectivity index (χ2n) is 5.19. The Kier molecular flexibility index (Phi) is 3.93. The molecule has 2 rings (SSSR count). The Morgan fingerprint density at radius 1 is 1.22 bits per heavy atom. The summed E-state index contributed by atoms with van der Waals surface area (Å²) in [4.78, 5) is 13.9. The Labute approximate surface area is 108 Å². The van der Waals surface area contributed by atoms with Gasteiger partial charge in [0.05, 0.1) is 18.3 Å². The topological polar surface area (TPSA) is 77.9 Å². The highest BCUT2D eigenvalue weighted by Crippen LogP contribution is 2.22. The van der Waals surface area contributed by atoms with Crippen LogP contribution in [0.4, 0.5) is 0 Å². The van der Waals surface area contributed by atoms with Crippen molar-refractivity contribution in [2.45, 2.75) is 25.4 Å². The van der Waals surface area contributed by atoms with Gasteiger partial charge in [-0.15, -0.1) is 0 Å². The van der Waals surface area contributed by atoms with E-state index in [1.807, 2.05) is 0 Å². The van der Waals surface area contributed by atoms with E-state index < -0.39 is 16.1 Å². The van der Waals surface area contributed by atoms with Gasteiger partial charge in [0, 0.05) is 26.2 Å². The van der Waals surface area contributed by atoms with Crippen LogP contribution in [-0.2, 0) is 14.8 Å². The van der Waals surface area contributed by atoms with Crippen molar-refractivity contribution in [2.24, 2.45) is 5.92 Å². The van der Waals surface area contributed by atoms with Crippen LogP contribution in [0, 0.1) is 5.92 Å². The largest absolute Gasteiger partial charge is 0.391 e. The molecule has 6 nitrogen and oxygen atoms in total. The van der Waals surface area contributed by atoms with Crippen LogP contribution in [0.2, 0.25) is 0 Å². The van der Waals surface area contributed by atoms with Gasteiger partial charge in [0.25, 0.3) is 0 Å². The third kappa shape index (κ3) is 3.02. The van der Waals surface area contributed by atoms with Gasteiger partial charge < -0.3 is 10.0 Å². The molecule has 1 amide bonds. The molecule has 0 spiro atoms. The van der Waals surface area contributed by atoms with Gasteiger partial charge in [-0.05, 0) is 19.3 Å². The predicted octanol–water partition coefficient (Wildman–Crippen LogP) is -0.749. The Bertz CT molecular complexity index is 423. The lowest BCUT2D eigenvalue weighted by Gasteiger charge is -2.32. The van der Waals surface area contributed by atoms with Crippen LogP contribution >= 0.6 is 0 Å². The number of carbonyl (C=O) groups excluding carboxylic acids is 1. The van der Waals surface area contributed by atoms with E-state index in [9.17, 15) is 18.3 Å². The smallest absolute Gasteiger partial charge is 0.227 e. The molecular formula is C11H20N2O4S. The Hall–Kier alpha value is -0.660. The van der Waals surface area contributed by atoms with Gasteiger partial charge in [-0.25, -0.2) is 12.7 Å². The number of carbonyl (C=O) groups is 1. The zero-order chi connectivity index (χ0) is 13.3. The van der Waals surface area contributed by atoms with Crippen LogP contribution in [-0.4, -0.2) is 67.2 Å². The molecule has 0 aromatic rings. The van der Waals surface area contributed by atoms with Crippen LogP contribution in [0.1, 0.15) is 19.3 Å². The summed E-state index contributed by atoms with van der Waals surface area (Å²) >= 11 is 0. The monoisotopic (exact) mass is 276 g/mol. The zero-order valence-corrected chi connectivity index (χ0v) is 11.4. The first-order valence-corrected chi connectivity index (χ1v) is 8.14. The second-order valence-corrected chi connectivity index (χ2v) is 7.17. The molecule has 2 fully saturated rings. The number of β-amino-alcohol motifs (C(OH)–C–C–N with tert-alkyl or cyclic N) is 1. The predicted molar refractivity (Wildman–Crippen MR) is 66.3 cm³/mol. The van der Waals surface area contributed by atoms with E-state index in [-0.39, 0.29) is 18.4 Å². The average Bonchev–Trinajstić information content (AvgIpc) is 2.74.